The van der Waals surface area contributed by atoms with Crippen molar-refractivity contribution >= 4 is 5.91 Å². The predicted molar refractivity (Wildman–Crippen MR) is 152 cm³/mol. The molecule has 1 aliphatic heterocycles. The molecule has 1 atom stereocenters. The number of piperazine rings is 1. The summed E-state index contributed by atoms with van der Waals surface area (Å²) < 4.78 is 0. The van der Waals surface area contributed by atoms with E-state index >= 15 is 0 Å². The summed E-state index contributed by atoms with van der Waals surface area (Å²) in [4.78, 5) is 19.1. The minimum Gasteiger partial charge on any atom is -0.339 e. The van der Waals surface area contributed by atoms with Crippen LogP contribution in [0.3, 0.4) is 0 Å². The van der Waals surface area contributed by atoms with Crippen molar-refractivity contribution in [3.05, 3.63) is 107 Å². The van der Waals surface area contributed by atoms with Crippen LogP contribution in [-0.4, -0.2) is 66.4 Å². The zero-order chi connectivity index (χ0) is 25.8. The minimum absolute atomic E-state index is 0.114. The summed E-state index contributed by atoms with van der Waals surface area (Å²) in [6, 6.07) is 19.4. The van der Waals surface area contributed by atoms with E-state index in [-0.39, 0.29) is 5.91 Å². The molecule has 1 saturated heterocycles. The molecule has 0 unspecified atom stereocenters. The molecule has 0 saturated carbocycles. The van der Waals surface area contributed by atoms with Crippen LogP contribution in [0.4, 0.5) is 0 Å². The molecule has 0 aromatic heterocycles. The van der Waals surface area contributed by atoms with E-state index in [2.05, 4.69) is 96.6 Å². The molecule has 4 rings (SSSR count). The maximum atomic E-state index is 12.2. The molecule has 2 aromatic carbocycles. The molecule has 0 bridgehead atoms. The van der Waals surface area contributed by atoms with E-state index in [4.69, 9.17) is 0 Å². The zero-order valence-electron chi connectivity index (χ0n) is 22.6. The second kappa shape index (κ2) is 14.6. The predicted octanol–water partition coefficient (Wildman–Crippen LogP) is 5.98. The summed E-state index contributed by atoms with van der Waals surface area (Å²) in [5.74, 6) is 0.114. The average molecular weight is 486 g/mol. The summed E-state index contributed by atoms with van der Waals surface area (Å²) in [5, 5.41) is 0. The van der Waals surface area contributed by atoms with Crippen LogP contribution in [0.2, 0.25) is 0 Å². The van der Waals surface area contributed by atoms with Gasteiger partial charge in [0.15, 0.2) is 0 Å². The molecule has 4 heteroatoms. The van der Waals surface area contributed by atoms with Gasteiger partial charge in [0.05, 0.1) is 0 Å². The van der Waals surface area contributed by atoms with E-state index in [9.17, 15) is 4.79 Å². The highest BCUT2D eigenvalue weighted by Gasteiger charge is 2.20. The number of hydrogen-bond acceptors (Lipinski definition) is 3. The SMILES string of the molecule is CCN(CC)C(=O)c1ccc(CC2=CC=CCC=C2)cc1.C[C@H]1CN(Cc2ccccc2)CCN1C. The summed E-state index contributed by atoms with van der Waals surface area (Å²) in [6.07, 6.45) is 12.7. The molecular formula is C32H43N3O. The summed E-state index contributed by atoms with van der Waals surface area (Å²) in [6.45, 7) is 12.5. The van der Waals surface area contributed by atoms with Crippen LogP contribution in [0, 0.1) is 0 Å². The van der Waals surface area contributed by atoms with Gasteiger partial charge in [-0.2, -0.15) is 0 Å². The van der Waals surface area contributed by atoms with Crippen LogP contribution in [0.5, 0.6) is 0 Å². The van der Waals surface area contributed by atoms with Gasteiger partial charge in [0, 0.05) is 50.9 Å². The van der Waals surface area contributed by atoms with Crippen molar-refractivity contribution < 1.29 is 4.79 Å². The molecular weight excluding hydrogens is 442 g/mol. The van der Waals surface area contributed by atoms with Gasteiger partial charge in [-0.05, 0) is 69.5 Å². The Labute approximate surface area is 218 Å². The van der Waals surface area contributed by atoms with Gasteiger partial charge in [-0.1, -0.05) is 72.8 Å². The van der Waals surface area contributed by atoms with Crippen molar-refractivity contribution in [2.24, 2.45) is 0 Å². The number of carbonyl (C=O) groups is 1. The summed E-state index contributed by atoms with van der Waals surface area (Å²) >= 11 is 0. The fraction of sp³-hybridized carbons (Fsp3) is 0.406. The number of allylic oxidation sites excluding steroid dienone is 6. The van der Waals surface area contributed by atoms with Crippen molar-refractivity contribution in [3.63, 3.8) is 0 Å². The van der Waals surface area contributed by atoms with Crippen molar-refractivity contribution in [1.82, 2.24) is 14.7 Å². The molecule has 0 radical (unpaired) electrons. The third-order valence-corrected chi connectivity index (χ3v) is 7.00. The monoisotopic (exact) mass is 485 g/mol. The highest BCUT2D eigenvalue weighted by molar-refractivity contribution is 5.94. The molecule has 1 amide bonds. The first-order valence-electron chi connectivity index (χ1n) is 13.4. The van der Waals surface area contributed by atoms with Gasteiger partial charge in [-0.25, -0.2) is 0 Å². The third kappa shape index (κ3) is 8.61. The fourth-order valence-electron chi connectivity index (χ4n) is 4.54. The highest BCUT2D eigenvalue weighted by Crippen LogP contribution is 2.15. The van der Waals surface area contributed by atoms with Crippen LogP contribution in [0.15, 0.2) is 90.6 Å². The number of carbonyl (C=O) groups excluding carboxylic acids is 1. The van der Waals surface area contributed by atoms with Gasteiger partial charge in [0.1, 0.15) is 0 Å². The van der Waals surface area contributed by atoms with E-state index in [1.54, 1.807) is 0 Å². The smallest absolute Gasteiger partial charge is 0.253 e. The molecule has 1 fully saturated rings. The molecule has 1 aliphatic carbocycles. The highest BCUT2D eigenvalue weighted by atomic mass is 16.2. The summed E-state index contributed by atoms with van der Waals surface area (Å²) in [5.41, 5.74) is 4.73. The Kier molecular flexibility index (Phi) is 11.2. The number of nitrogens with zero attached hydrogens (tertiary/aromatic N) is 3. The number of hydrogen-bond donors (Lipinski definition) is 0. The van der Waals surface area contributed by atoms with Crippen LogP contribution in [0.25, 0.3) is 0 Å². The van der Waals surface area contributed by atoms with Crippen LogP contribution in [0.1, 0.15) is 48.7 Å². The number of rotatable bonds is 7. The molecule has 4 nitrogen and oxygen atoms in total. The molecule has 1 heterocycles. The normalized spacial score (nSPS) is 18.1. The van der Waals surface area contributed by atoms with E-state index in [1.165, 1.54) is 36.3 Å². The van der Waals surface area contributed by atoms with E-state index in [0.29, 0.717) is 6.04 Å². The topological polar surface area (TPSA) is 26.8 Å². The van der Waals surface area contributed by atoms with Gasteiger partial charge in [-0.15, -0.1) is 0 Å². The van der Waals surface area contributed by atoms with E-state index in [1.807, 2.05) is 30.9 Å². The fourth-order valence-corrected chi connectivity index (χ4v) is 4.54. The maximum absolute atomic E-state index is 12.2. The molecule has 0 spiro atoms. The number of benzene rings is 2. The largest absolute Gasteiger partial charge is 0.339 e. The van der Waals surface area contributed by atoms with Gasteiger partial charge >= 0.3 is 0 Å². The Morgan fingerprint density at radius 1 is 0.944 bits per heavy atom. The molecule has 0 N–H and O–H groups in total. The Hall–Kier alpha value is -2.95. The van der Waals surface area contributed by atoms with Crippen molar-refractivity contribution in [1.29, 1.82) is 0 Å². The molecule has 36 heavy (non-hydrogen) atoms. The standard InChI is InChI=1S/C19H23NO.C13H20N2/c1-3-20(4-2)19(21)18-13-11-17(12-14-18)15-16-9-7-5-6-8-10-16;1-12-10-15(9-8-14(12)2)11-13-6-4-3-5-7-13/h5,7-14H,3-4,6,15H2,1-2H3;3-7,12H,8-11H2,1-2H3/t;12-/m.0/s1. The second-order valence-corrected chi connectivity index (χ2v) is 9.71. The Morgan fingerprint density at radius 2 is 1.67 bits per heavy atom. The van der Waals surface area contributed by atoms with Crippen LogP contribution >= 0.6 is 0 Å². The second-order valence-electron chi connectivity index (χ2n) is 9.71. The minimum atomic E-state index is 0.114. The first-order chi connectivity index (χ1) is 17.5. The van der Waals surface area contributed by atoms with Crippen molar-refractivity contribution in [2.45, 2.75) is 46.2 Å². The van der Waals surface area contributed by atoms with Gasteiger partial charge in [0.2, 0.25) is 0 Å². The molecule has 192 valence electrons. The lowest BCUT2D eigenvalue weighted by Gasteiger charge is -2.37. The first kappa shape index (κ1) is 27.6. The summed E-state index contributed by atoms with van der Waals surface area (Å²) in [7, 11) is 2.21. The molecule has 2 aliphatic rings. The number of amides is 1. The zero-order valence-corrected chi connectivity index (χ0v) is 22.6. The van der Waals surface area contributed by atoms with Crippen LogP contribution in [-0.2, 0) is 13.0 Å². The van der Waals surface area contributed by atoms with E-state index in [0.717, 1.165) is 38.0 Å². The van der Waals surface area contributed by atoms with Gasteiger partial charge in [-0.3, -0.25) is 9.69 Å². The Balaban J connectivity index is 0.000000212. The van der Waals surface area contributed by atoms with Crippen molar-refractivity contribution in [2.75, 3.05) is 39.8 Å². The maximum Gasteiger partial charge on any atom is 0.253 e. The third-order valence-electron chi connectivity index (χ3n) is 7.00. The average Bonchev–Trinajstić information content (AvgIpc) is 3.17. The Bertz CT molecular complexity index is 1020. The van der Waals surface area contributed by atoms with Gasteiger partial charge < -0.3 is 9.80 Å². The lowest BCUT2D eigenvalue weighted by atomic mass is 10.0. The quantitative estimate of drug-likeness (QED) is 0.483. The van der Waals surface area contributed by atoms with Crippen LogP contribution < -0.4 is 0 Å². The molecule has 2 aromatic rings. The first-order valence-corrected chi connectivity index (χ1v) is 13.4. The van der Waals surface area contributed by atoms with E-state index < -0.39 is 0 Å². The van der Waals surface area contributed by atoms with Gasteiger partial charge in [0.25, 0.3) is 5.91 Å². The lowest BCUT2D eigenvalue weighted by molar-refractivity contribution is 0.0773. The lowest BCUT2D eigenvalue weighted by Crippen LogP contribution is -2.49. The Morgan fingerprint density at radius 3 is 2.33 bits per heavy atom. The number of likely N-dealkylation sites (N-methyl/N-ethyl adjacent to an activating group) is 1. The van der Waals surface area contributed by atoms with Crippen molar-refractivity contribution in [3.8, 4) is 0 Å².